The van der Waals surface area contributed by atoms with Crippen LogP contribution in [0.4, 0.5) is 0 Å². The van der Waals surface area contributed by atoms with E-state index >= 15 is 0 Å². The van der Waals surface area contributed by atoms with Crippen molar-refractivity contribution in [3.8, 4) is 0 Å². The first-order valence-corrected chi connectivity index (χ1v) is 5.38. The summed E-state index contributed by atoms with van der Waals surface area (Å²) in [5.41, 5.74) is 2.71. The van der Waals surface area contributed by atoms with Crippen LogP contribution in [0, 0.1) is 0 Å². The Bertz CT molecular complexity index is 445. The molecule has 76 valence electrons. The number of nitrogens with zero attached hydrogens (tertiary/aromatic N) is 1. The zero-order chi connectivity index (χ0) is 10.1. The molecule has 2 aromatic rings. The van der Waals surface area contributed by atoms with Gasteiger partial charge in [-0.25, -0.2) is 0 Å². The second-order valence-corrected chi connectivity index (χ2v) is 3.92. The van der Waals surface area contributed by atoms with Crippen molar-refractivity contribution < 1.29 is 0 Å². The van der Waals surface area contributed by atoms with Gasteiger partial charge in [0.25, 0.3) is 0 Å². The molecule has 0 amide bonds. The summed E-state index contributed by atoms with van der Waals surface area (Å²) in [6, 6.07) is 15.3. The van der Waals surface area contributed by atoms with Gasteiger partial charge in [-0.05, 0) is 17.7 Å². The van der Waals surface area contributed by atoms with Gasteiger partial charge in [-0.2, -0.15) is 0 Å². The molecule has 3 rings (SSSR count). The average Bonchev–Trinajstić information content (AvgIpc) is 2.78. The van der Waals surface area contributed by atoms with E-state index in [-0.39, 0.29) is 0 Å². The van der Waals surface area contributed by atoms with Gasteiger partial charge in [0.2, 0.25) is 0 Å². The summed E-state index contributed by atoms with van der Waals surface area (Å²) in [6.07, 6.45) is 2.16. The van der Waals surface area contributed by atoms with Gasteiger partial charge >= 0.3 is 0 Å². The van der Waals surface area contributed by atoms with Crippen LogP contribution in [0.5, 0.6) is 0 Å². The summed E-state index contributed by atoms with van der Waals surface area (Å²) in [6.45, 7) is 2.12. The third-order valence-electron chi connectivity index (χ3n) is 2.99. The molecule has 0 spiro atoms. The Morgan fingerprint density at radius 2 is 1.93 bits per heavy atom. The molecule has 1 N–H and O–H groups in total. The summed E-state index contributed by atoms with van der Waals surface area (Å²) in [7, 11) is 0. The van der Waals surface area contributed by atoms with Crippen LogP contribution < -0.4 is 5.32 Å². The molecule has 1 aromatic carbocycles. The largest absolute Gasteiger partial charge is 0.348 e. The molecule has 1 aliphatic heterocycles. The zero-order valence-corrected chi connectivity index (χ0v) is 8.56. The SMILES string of the molecule is c1ccc([C@@H]2NCCn3cccc32)cc1. The highest BCUT2D eigenvalue weighted by Crippen LogP contribution is 2.24. The molecule has 1 aliphatic rings. The van der Waals surface area contributed by atoms with Gasteiger partial charge in [0.15, 0.2) is 0 Å². The van der Waals surface area contributed by atoms with E-state index in [1.807, 2.05) is 0 Å². The molecule has 15 heavy (non-hydrogen) atoms. The van der Waals surface area contributed by atoms with E-state index in [1.54, 1.807) is 0 Å². The van der Waals surface area contributed by atoms with Crippen molar-refractivity contribution >= 4 is 0 Å². The number of hydrogen-bond donors (Lipinski definition) is 1. The second-order valence-electron chi connectivity index (χ2n) is 3.92. The molecule has 0 aliphatic carbocycles. The van der Waals surface area contributed by atoms with Gasteiger partial charge in [0, 0.05) is 25.0 Å². The maximum absolute atomic E-state index is 3.56. The van der Waals surface area contributed by atoms with Crippen LogP contribution in [0.15, 0.2) is 48.7 Å². The lowest BCUT2D eigenvalue weighted by Crippen LogP contribution is -2.33. The van der Waals surface area contributed by atoms with Crippen LogP contribution >= 0.6 is 0 Å². The minimum absolute atomic E-state index is 0.356. The molecule has 0 saturated carbocycles. The first kappa shape index (κ1) is 8.74. The van der Waals surface area contributed by atoms with E-state index in [1.165, 1.54) is 11.3 Å². The lowest BCUT2D eigenvalue weighted by Gasteiger charge is -2.26. The molecule has 0 saturated heterocycles. The van der Waals surface area contributed by atoms with Crippen LogP contribution in [-0.4, -0.2) is 11.1 Å². The normalized spacial score (nSPS) is 19.9. The van der Waals surface area contributed by atoms with E-state index in [4.69, 9.17) is 0 Å². The van der Waals surface area contributed by atoms with Gasteiger partial charge in [-0.15, -0.1) is 0 Å². The van der Waals surface area contributed by atoms with E-state index in [2.05, 4.69) is 58.5 Å². The standard InChI is InChI=1S/C13H14N2/c1-2-5-11(6-3-1)13-12-7-4-9-15(12)10-8-14-13/h1-7,9,13-14H,8,10H2/t13-/m0/s1. The Hall–Kier alpha value is -1.54. The van der Waals surface area contributed by atoms with Crippen molar-refractivity contribution in [3.05, 3.63) is 59.9 Å². The molecule has 1 aromatic heterocycles. The Morgan fingerprint density at radius 1 is 1.07 bits per heavy atom. The van der Waals surface area contributed by atoms with Gasteiger partial charge in [0.1, 0.15) is 0 Å². The number of aromatic nitrogens is 1. The van der Waals surface area contributed by atoms with Gasteiger partial charge < -0.3 is 9.88 Å². The molecular weight excluding hydrogens is 184 g/mol. The number of nitrogens with one attached hydrogen (secondary N) is 1. The third kappa shape index (κ3) is 1.47. The maximum atomic E-state index is 3.56. The Labute approximate surface area is 89.5 Å². The summed E-state index contributed by atoms with van der Waals surface area (Å²) >= 11 is 0. The Morgan fingerprint density at radius 3 is 2.80 bits per heavy atom. The fraction of sp³-hybridized carbons (Fsp3) is 0.231. The Kier molecular flexibility index (Phi) is 2.07. The third-order valence-corrected chi connectivity index (χ3v) is 2.99. The molecule has 0 bridgehead atoms. The van der Waals surface area contributed by atoms with Crippen molar-refractivity contribution in [2.45, 2.75) is 12.6 Å². The minimum Gasteiger partial charge on any atom is -0.348 e. The van der Waals surface area contributed by atoms with Crippen molar-refractivity contribution in [1.29, 1.82) is 0 Å². The molecule has 1 atom stereocenters. The lowest BCUT2D eigenvalue weighted by atomic mass is 10.0. The van der Waals surface area contributed by atoms with Crippen molar-refractivity contribution in [1.82, 2.24) is 9.88 Å². The van der Waals surface area contributed by atoms with Gasteiger partial charge in [-0.3, -0.25) is 0 Å². The minimum atomic E-state index is 0.356. The summed E-state index contributed by atoms with van der Waals surface area (Å²) < 4.78 is 2.33. The quantitative estimate of drug-likeness (QED) is 0.743. The van der Waals surface area contributed by atoms with Crippen LogP contribution in [-0.2, 0) is 6.54 Å². The number of rotatable bonds is 1. The second kappa shape index (κ2) is 3.55. The van der Waals surface area contributed by atoms with E-state index in [0.29, 0.717) is 6.04 Å². The Balaban J connectivity index is 2.03. The molecular formula is C13H14N2. The first-order chi connectivity index (χ1) is 7.45. The van der Waals surface area contributed by atoms with Gasteiger partial charge in [0.05, 0.1) is 6.04 Å². The summed E-state index contributed by atoms with van der Waals surface area (Å²) in [5.74, 6) is 0. The van der Waals surface area contributed by atoms with E-state index in [9.17, 15) is 0 Å². The first-order valence-electron chi connectivity index (χ1n) is 5.38. The molecule has 0 fully saturated rings. The van der Waals surface area contributed by atoms with Gasteiger partial charge in [-0.1, -0.05) is 30.3 Å². The van der Waals surface area contributed by atoms with Crippen LogP contribution in [0.3, 0.4) is 0 Å². The fourth-order valence-corrected chi connectivity index (χ4v) is 2.26. The predicted molar refractivity (Wildman–Crippen MR) is 60.7 cm³/mol. The number of hydrogen-bond acceptors (Lipinski definition) is 1. The maximum Gasteiger partial charge on any atom is 0.0731 e. The number of benzene rings is 1. The molecule has 2 heterocycles. The smallest absolute Gasteiger partial charge is 0.0731 e. The highest BCUT2D eigenvalue weighted by atomic mass is 15.1. The lowest BCUT2D eigenvalue weighted by molar-refractivity contribution is 0.467. The monoisotopic (exact) mass is 198 g/mol. The van der Waals surface area contributed by atoms with Crippen molar-refractivity contribution in [2.24, 2.45) is 0 Å². The molecule has 2 nitrogen and oxygen atoms in total. The highest BCUT2D eigenvalue weighted by Gasteiger charge is 2.19. The fourth-order valence-electron chi connectivity index (χ4n) is 2.26. The number of fused-ring (bicyclic) bond motifs is 1. The van der Waals surface area contributed by atoms with Crippen molar-refractivity contribution in [3.63, 3.8) is 0 Å². The zero-order valence-electron chi connectivity index (χ0n) is 8.56. The van der Waals surface area contributed by atoms with Crippen LogP contribution in [0.25, 0.3) is 0 Å². The van der Waals surface area contributed by atoms with Crippen LogP contribution in [0.2, 0.25) is 0 Å². The molecule has 2 heteroatoms. The molecule has 0 unspecified atom stereocenters. The van der Waals surface area contributed by atoms with Crippen LogP contribution in [0.1, 0.15) is 17.3 Å². The topological polar surface area (TPSA) is 17.0 Å². The van der Waals surface area contributed by atoms with E-state index in [0.717, 1.165) is 13.1 Å². The summed E-state index contributed by atoms with van der Waals surface area (Å²) in [4.78, 5) is 0. The molecule has 0 radical (unpaired) electrons. The highest BCUT2D eigenvalue weighted by molar-refractivity contribution is 5.29. The summed E-state index contributed by atoms with van der Waals surface area (Å²) in [5, 5.41) is 3.56. The average molecular weight is 198 g/mol. The predicted octanol–water partition coefficient (Wildman–Crippen LogP) is 2.18. The van der Waals surface area contributed by atoms with Crippen molar-refractivity contribution in [2.75, 3.05) is 6.54 Å². The van der Waals surface area contributed by atoms with E-state index < -0.39 is 0 Å².